The Hall–Kier alpha value is -4.13. The van der Waals surface area contributed by atoms with Gasteiger partial charge in [0.1, 0.15) is 5.92 Å². The number of fused-ring (bicyclic) bond motifs is 1. The fourth-order valence-corrected chi connectivity index (χ4v) is 5.79. The molecule has 1 atom stereocenters. The summed E-state index contributed by atoms with van der Waals surface area (Å²) in [6.07, 6.45) is 0.170. The monoisotopic (exact) mass is 641 g/mol. The Morgan fingerprint density at radius 1 is 0.614 bits per heavy atom. The van der Waals surface area contributed by atoms with E-state index in [-0.39, 0.29) is 30.6 Å². The zero-order valence-electron chi connectivity index (χ0n) is 23.7. The minimum atomic E-state index is -0.998. The molecular weight excluding hydrogens is 613 g/mol. The number of benzene rings is 5. The second kappa shape index (κ2) is 13.7. The number of carbonyl (C=O) groups excluding carboxylic acids is 2. The van der Waals surface area contributed by atoms with Crippen LogP contribution < -0.4 is 15.5 Å². The highest BCUT2D eigenvalue weighted by Crippen LogP contribution is 2.41. The first-order valence-corrected chi connectivity index (χ1v) is 14.8. The SMILES string of the molecule is Cl.NCc1ccc(N2C(=O)C(Cc3ccc(Cl)c(Cl)c3)C(=O)N(Cc3ccc(-c4ccccc4)cc3)c3ccccc32)cc1. The highest BCUT2D eigenvalue weighted by Gasteiger charge is 2.41. The van der Waals surface area contributed by atoms with Crippen LogP contribution in [0.5, 0.6) is 0 Å². The number of hydrogen-bond donors (Lipinski definition) is 1. The average molecular weight is 643 g/mol. The number of carbonyl (C=O) groups is 2. The van der Waals surface area contributed by atoms with E-state index in [0.29, 0.717) is 40.2 Å². The molecule has 0 saturated heterocycles. The van der Waals surface area contributed by atoms with E-state index in [4.69, 9.17) is 28.9 Å². The molecule has 0 fully saturated rings. The van der Waals surface area contributed by atoms with E-state index in [1.54, 1.807) is 28.0 Å². The third-order valence-electron chi connectivity index (χ3n) is 7.75. The van der Waals surface area contributed by atoms with Gasteiger partial charge in [-0.05, 0) is 70.6 Å². The van der Waals surface area contributed by atoms with Crippen molar-refractivity contribution in [3.05, 3.63) is 148 Å². The molecule has 2 amide bonds. The number of nitrogens with two attached hydrogens (primary N) is 1. The lowest BCUT2D eigenvalue weighted by molar-refractivity contribution is -0.131. The van der Waals surface area contributed by atoms with Gasteiger partial charge in [-0.1, -0.05) is 108 Å². The molecule has 0 radical (unpaired) electrons. The van der Waals surface area contributed by atoms with Crippen LogP contribution in [0.1, 0.15) is 16.7 Å². The number of anilines is 3. The molecule has 0 spiro atoms. The van der Waals surface area contributed by atoms with E-state index in [2.05, 4.69) is 24.3 Å². The predicted octanol–water partition coefficient (Wildman–Crippen LogP) is 8.61. The van der Waals surface area contributed by atoms with Crippen molar-refractivity contribution in [2.45, 2.75) is 19.5 Å². The number of rotatable bonds is 7. The van der Waals surface area contributed by atoms with Crippen molar-refractivity contribution in [3.63, 3.8) is 0 Å². The first-order valence-electron chi connectivity index (χ1n) is 14.0. The smallest absolute Gasteiger partial charge is 0.244 e. The van der Waals surface area contributed by atoms with Crippen LogP contribution >= 0.6 is 35.6 Å². The van der Waals surface area contributed by atoms with Gasteiger partial charge in [0.15, 0.2) is 0 Å². The van der Waals surface area contributed by atoms with Crippen LogP contribution in [-0.4, -0.2) is 11.8 Å². The van der Waals surface area contributed by atoms with Crippen molar-refractivity contribution >= 4 is 64.5 Å². The zero-order valence-corrected chi connectivity index (χ0v) is 26.0. The number of para-hydroxylation sites is 2. The molecule has 44 heavy (non-hydrogen) atoms. The van der Waals surface area contributed by atoms with Gasteiger partial charge in [0, 0.05) is 12.2 Å². The molecule has 1 unspecified atom stereocenters. The lowest BCUT2D eigenvalue weighted by Crippen LogP contribution is -2.41. The molecule has 5 aromatic carbocycles. The summed E-state index contributed by atoms with van der Waals surface area (Å²) in [5.41, 5.74) is 12.7. The summed E-state index contributed by atoms with van der Waals surface area (Å²) >= 11 is 12.5. The Bertz CT molecular complexity index is 1780. The molecule has 1 aliphatic heterocycles. The molecular formula is C36H30Cl3N3O2. The molecule has 0 aliphatic carbocycles. The second-order valence-electron chi connectivity index (χ2n) is 10.5. The number of halogens is 3. The summed E-state index contributed by atoms with van der Waals surface area (Å²) in [5.74, 6) is -1.59. The Morgan fingerprint density at radius 3 is 1.86 bits per heavy atom. The van der Waals surface area contributed by atoms with Crippen LogP contribution in [0, 0.1) is 5.92 Å². The van der Waals surface area contributed by atoms with E-state index in [1.807, 2.05) is 78.9 Å². The Labute approximate surface area is 273 Å². The van der Waals surface area contributed by atoms with Crippen molar-refractivity contribution in [2.75, 3.05) is 9.80 Å². The Morgan fingerprint density at radius 2 is 1.20 bits per heavy atom. The number of hydrogen-bond acceptors (Lipinski definition) is 3. The maximum absolute atomic E-state index is 14.4. The van der Waals surface area contributed by atoms with Gasteiger partial charge in [-0.3, -0.25) is 14.5 Å². The van der Waals surface area contributed by atoms with E-state index < -0.39 is 5.92 Å². The predicted molar refractivity (Wildman–Crippen MR) is 182 cm³/mol. The Kier molecular flexibility index (Phi) is 9.72. The van der Waals surface area contributed by atoms with Gasteiger partial charge in [-0.25, -0.2) is 0 Å². The third-order valence-corrected chi connectivity index (χ3v) is 8.49. The summed E-state index contributed by atoms with van der Waals surface area (Å²) in [7, 11) is 0. The number of amides is 2. The first kappa shape index (κ1) is 31.3. The fourth-order valence-electron chi connectivity index (χ4n) is 5.47. The highest BCUT2D eigenvalue weighted by molar-refractivity contribution is 6.42. The molecule has 222 valence electrons. The van der Waals surface area contributed by atoms with Gasteiger partial charge in [0.05, 0.1) is 28.0 Å². The maximum Gasteiger partial charge on any atom is 0.244 e. The van der Waals surface area contributed by atoms with Crippen LogP contribution in [-0.2, 0) is 29.1 Å². The van der Waals surface area contributed by atoms with E-state index >= 15 is 0 Å². The summed E-state index contributed by atoms with van der Waals surface area (Å²) in [5, 5.41) is 0.791. The maximum atomic E-state index is 14.4. The van der Waals surface area contributed by atoms with Crippen LogP contribution in [0.3, 0.4) is 0 Å². The molecule has 0 aromatic heterocycles. The Balaban J connectivity index is 0.00000384. The minimum Gasteiger partial charge on any atom is -0.326 e. The van der Waals surface area contributed by atoms with Crippen molar-refractivity contribution in [3.8, 4) is 11.1 Å². The molecule has 8 heteroatoms. The standard InChI is InChI=1S/C36H29Cl2N3O2.ClH/c37-31-19-14-26(21-32(31)38)20-30-35(42)40(23-25-10-15-28(16-11-25)27-6-2-1-3-7-27)33-8-4-5-9-34(33)41(36(30)43)29-17-12-24(22-39)13-18-29;/h1-19,21,30H,20,22-23,39H2;1H. The summed E-state index contributed by atoms with van der Waals surface area (Å²) in [6.45, 7) is 0.691. The largest absolute Gasteiger partial charge is 0.326 e. The normalized spacial score (nSPS) is 14.6. The summed E-state index contributed by atoms with van der Waals surface area (Å²) < 4.78 is 0. The van der Waals surface area contributed by atoms with Gasteiger partial charge in [0.2, 0.25) is 11.8 Å². The summed E-state index contributed by atoms with van der Waals surface area (Å²) in [4.78, 5) is 32.2. The third kappa shape index (κ3) is 6.37. The van der Waals surface area contributed by atoms with E-state index in [9.17, 15) is 9.59 Å². The highest BCUT2D eigenvalue weighted by atomic mass is 35.5. The quantitative estimate of drug-likeness (QED) is 0.181. The topological polar surface area (TPSA) is 66.6 Å². The van der Waals surface area contributed by atoms with Crippen molar-refractivity contribution in [1.29, 1.82) is 0 Å². The van der Waals surface area contributed by atoms with Crippen molar-refractivity contribution in [1.82, 2.24) is 0 Å². The average Bonchev–Trinajstić information content (AvgIpc) is 3.12. The lowest BCUT2D eigenvalue weighted by atomic mass is 9.96. The molecule has 6 rings (SSSR count). The molecule has 1 aliphatic rings. The van der Waals surface area contributed by atoms with Gasteiger partial charge in [-0.15, -0.1) is 12.4 Å². The van der Waals surface area contributed by atoms with Crippen LogP contribution in [0.25, 0.3) is 11.1 Å². The second-order valence-corrected chi connectivity index (χ2v) is 11.3. The van der Waals surface area contributed by atoms with Gasteiger partial charge < -0.3 is 10.6 Å². The summed E-state index contributed by atoms with van der Waals surface area (Å²) in [6, 6.07) is 38.6. The fraction of sp³-hybridized carbons (Fsp3) is 0.111. The minimum absolute atomic E-state index is 0. The molecule has 0 saturated carbocycles. The van der Waals surface area contributed by atoms with Crippen molar-refractivity contribution in [2.24, 2.45) is 11.7 Å². The van der Waals surface area contributed by atoms with Gasteiger partial charge >= 0.3 is 0 Å². The lowest BCUT2D eigenvalue weighted by Gasteiger charge is -2.26. The van der Waals surface area contributed by atoms with Crippen LogP contribution in [0.15, 0.2) is 121 Å². The van der Waals surface area contributed by atoms with Crippen LogP contribution in [0.4, 0.5) is 17.1 Å². The molecule has 5 nitrogen and oxygen atoms in total. The van der Waals surface area contributed by atoms with E-state index in [0.717, 1.165) is 27.8 Å². The zero-order chi connectivity index (χ0) is 29.9. The number of nitrogens with zero attached hydrogens (tertiary/aromatic N) is 2. The van der Waals surface area contributed by atoms with Gasteiger partial charge in [-0.2, -0.15) is 0 Å². The molecule has 5 aromatic rings. The molecule has 2 N–H and O–H groups in total. The van der Waals surface area contributed by atoms with Crippen LogP contribution in [0.2, 0.25) is 10.0 Å². The van der Waals surface area contributed by atoms with E-state index in [1.165, 1.54) is 0 Å². The first-order chi connectivity index (χ1) is 20.9. The molecule has 0 bridgehead atoms. The molecule has 1 heterocycles. The van der Waals surface area contributed by atoms with Crippen molar-refractivity contribution < 1.29 is 9.59 Å². The van der Waals surface area contributed by atoms with Gasteiger partial charge in [0.25, 0.3) is 0 Å².